The minimum Gasteiger partial charge on any atom is -0.497 e. The Bertz CT molecular complexity index is 729. The first kappa shape index (κ1) is 18.4. The molecule has 1 atom stereocenters. The summed E-state index contributed by atoms with van der Waals surface area (Å²) in [4.78, 5) is 18.9. The topological polar surface area (TPSA) is 68.5 Å². The Kier molecular flexibility index (Phi) is 6.26. The molecule has 6 nitrogen and oxygen atoms in total. The predicted molar refractivity (Wildman–Crippen MR) is 99.0 cm³/mol. The molecule has 6 heteroatoms. The molecule has 1 fully saturated rings. The van der Waals surface area contributed by atoms with Crippen molar-refractivity contribution < 1.29 is 14.1 Å². The third kappa shape index (κ3) is 4.42. The molecule has 1 aliphatic heterocycles. The van der Waals surface area contributed by atoms with Gasteiger partial charge in [0, 0.05) is 25.1 Å². The molecule has 0 unspecified atom stereocenters. The fourth-order valence-corrected chi connectivity index (χ4v) is 3.37. The minimum atomic E-state index is 0.116. The van der Waals surface area contributed by atoms with E-state index < -0.39 is 0 Å². The largest absolute Gasteiger partial charge is 0.497 e. The van der Waals surface area contributed by atoms with Crippen molar-refractivity contribution in [3.05, 3.63) is 30.2 Å². The molecule has 0 aliphatic carbocycles. The molecular formula is C20H27N3O3. The van der Waals surface area contributed by atoms with Gasteiger partial charge in [0.1, 0.15) is 5.75 Å². The summed E-state index contributed by atoms with van der Waals surface area (Å²) < 4.78 is 10.8. The number of piperidine rings is 1. The number of rotatable bonds is 7. The van der Waals surface area contributed by atoms with Crippen molar-refractivity contribution in [1.29, 1.82) is 0 Å². The van der Waals surface area contributed by atoms with Crippen LogP contribution in [-0.2, 0) is 4.79 Å². The smallest absolute Gasteiger partial charge is 0.231 e. The molecule has 1 aliphatic rings. The van der Waals surface area contributed by atoms with Crippen molar-refractivity contribution >= 4 is 5.91 Å². The Hall–Kier alpha value is -2.37. The van der Waals surface area contributed by atoms with Crippen LogP contribution in [0.5, 0.6) is 5.75 Å². The van der Waals surface area contributed by atoms with E-state index in [0.717, 1.165) is 50.0 Å². The van der Waals surface area contributed by atoms with Crippen LogP contribution in [0.4, 0.5) is 0 Å². The van der Waals surface area contributed by atoms with E-state index in [2.05, 4.69) is 17.1 Å². The number of hydrogen-bond acceptors (Lipinski definition) is 5. The summed E-state index contributed by atoms with van der Waals surface area (Å²) in [7, 11) is 1.63. The monoisotopic (exact) mass is 357 g/mol. The normalized spacial score (nSPS) is 17.3. The minimum absolute atomic E-state index is 0.116. The standard InChI is InChI=1S/C20H27N3O3/c1-3-4-5-11-18(24)23-12-7-9-16(14-23)20-21-19(22-26-20)15-8-6-10-17(13-15)25-2/h6,8,10,13,16H,3-5,7,9,11-12,14H2,1-2H3/t16-/m0/s1. The number of hydrogen-bond donors (Lipinski definition) is 0. The molecule has 1 aromatic carbocycles. The van der Waals surface area contributed by atoms with Crippen molar-refractivity contribution in [2.45, 2.75) is 51.4 Å². The third-order valence-corrected chi connectivity index (χ3v) is 4.89. The SMILES string of the molecule is CCCCCC(=O)N1CCC[C@H](c2nc(-c3cccc(OC)c3)no2)C1. The van der Waals surface area contributed by atoms with Crippen molar-refractivity contribution in [3.8, 4) is 17.1 Å². The summed E-state index contributed by atoms with van der Waals surface area (Å²) in [5.41, 5.74) is 0.864. The number of benzene rings is 1. The first-order chi connectivity index (χ1) is 12.7. The summed E-state index contributed by atoms with van der Waals surface area (Å²) in [6.45, 7) is 3.65. The number of unbranched alkanes of at least 4 members (excludes halogenated alkanes) is 2. The summed E-state index contributed by atoms with van der Waals surface area (Å²) in [6, 6.07) is 7.61. The van der Waals surface area contributed by atoms with Gasteiger partial charge < -0.3 is 14.2 Å². The zero-order valence-electron chi connectivity index (χ0n) is 15.6. The highest BCUT2D eigenvalue weighted by molar-refractivity contribution is 5.76. The van der Waals surface area contributed by atoms with Crippen molar-refractivity contribution in [1.82, 2.24) is 15.0 Å². The molecule has 1 saturated heterocycles. The Morgan fingerprint density at radius 1 is 1.38 bits per heavy atom. The predicted octanol–water partition coefficient (Wildman–Crippen LogP) is 4.03. The van der Waals surface area contributed by atoms with Gasteiger partial charge in [0.2, 0.25) is 17.6 Å². The molecular weight excluding hydrogens is 330 g/mol. The maximum Gasteiger partial charge on any atom is 0.231 e. The van der Waals surface area contributed by atoms with Crippen LogP contribution in [0, 0.1) is 0 Å². The lowest BCUT2D eigenvalue weighted by atomic mass is 9.97. The number of carbonyl (C=O) groups excluding carboxylic acids is 1. The van der Waals surface area contributed by atoms with Gasteiger partial charge in [-0.1, -0.05) is 37.1 Å². The number of methoxy groups -OCH3 is 1. The lowest BCUT2D eigenvalue weighted by Crippen LogP contribution is -2.39. The van der Waals surface area contributed by atoms with Crippen LogP contribution >= 0.6 is 0 Å². The van der Waals surface area contributed by atoms with Crippen LogP contribution in [0.1, 0.15) is 57.3 Å². The average Bonchev–Trinajstić information content (AvgIpc) is 3.18. The van der Waals surface area contributed by atoms with E-state index in [1.54, 1.807) is 7.11 Å². The van der Waals surface area contributed by atoms with Gasteiger partial charge in [0.25, 0.3) is 0 Å². The molecule has 0 radical (unpaired) electrons. The van der Waals surface area contributed by atoms with E-state index >= 15 is 0 Å². The number of amides is 1. The first-order valence-corrected chi connectivity index (χ1v) is 9.47. The quantitative estimate of drug-likeness (QED) is 0.700. The van der Waals surface area contributed by atoms with Gasteiger partial charge in [0.05, 0.1) is 13.0 Å². The second-order valence-corrected chi connectivity index (χ2v) is 6.82. The van der Waals surface area contributed by atoms with Crippen LogP contribution < -0.4 is 4.74 Å². The van der Waals surface area contributed by atoms with Gasteiger partial charge >= 0.3 is 0 Å². The van der Waals surface area contributed by atoms with E-state index in [-0.39, 0.29) is 11.8 Å². The molecule has 3 rings (SSSR count). The number of aromatic nitrogens is 2. The van der Waals surface area contributed by atoms with Gasteiger partial charge in [-0.3, -0.25) is 4.79 Å². The van der Waals surface area contributed by atoms with Crippen LogP contribution in [0.25, 0.3) is 11.4 Å². The summed E-state index contributed by atoms with van der Waals surface area (Å²) in [6.07, 6.45) is 5.79. The highest BCUT2D eigenvalue weighted by Gasteiger charge is 2.28. The lowest BCUT2D eigenvalue weighted by molar-refractivity contribution is -0.132. The highest BCUT2D eigenvalue weighted by Crippen LogP contribution is 2.29. The van der Waals surface area contributed by atoms with E-state index in [1.165, 1.54) is 0 Å². The van der Waals surface area contributed by atoms with Crippen LogP contribution in [0.3, 0.4) is 0 Å². The summed E-state index contributed by atoms with van der Waals surface area (Å²) in [5, 5.41) is 4.12. The van der Waals surface area contributed by atoms with Crippen LogP contribution in [0.15, 0.2) is 28.8 Å². The Labute approximate surface area is 154 Å². The van der Waals surface area contributed by atoms with Gasteiger partial charge in [-0.25, -0.2) is 0 Å². The molecule has 0 saturated carbocycles. The van der Waals surface area contributed by atoms with Crippen LogP contribution in [-0.4, -0.2) is 41.1 Å². The number of nitrogens with zero attached hydrogens (tertiary/aromatic N) is 3. The molecule has 2 heterocycles. The fraction of sp³-hybridized carbons (Fsp3) is 0.550. The summed E-state index contributed by atoms with van der Waals surface area (Å²) in [5.74, 6) is 2.30. The first-order valence-electron chi connectivity index (χ1n) is 9.47. The van der Waals surface area contributed by atoms with E-state index in [1.807, 2.05) is 29.2 Å². The molecule has 1 amide bonds. The Morgan fingerprint density at radius 3 is 3.08 bits per heavy atom. The maximum absolute atomic E-state index is 12.4. The number of ether oxygens (including phenoxy) is 1. The molecule has 0 N–H and O–H groups in total. The molecule has 26 heavy (non-hydrogen) atoms. The molecule has 0 spiro atoms. The van der Waals surface area contributed by atoms with Crippen LogP contribution in [0.2, 0.25) is 0 Å². The van der Waals surface area contributed by atoms with E-state index in [9.17, 15) is 4.79 Å². The average molecular weight is 357 g/mol. The lowest BCUT2D eigenvalue weighted by Gasteiger charge is -2.31. The van der Waals surface area contributed by atoms with Gasteiger partial charge in [-0.2, -0.15) is 4.98 Å². The van der Waals surface area contributed by atoms with Crippen molar-refractivity contribution in [2.75, 3.05) is 20.2 Å². The number of carbonyl (C=O) groups is 1. The summed E-state index contributed by atoms with van der Waals surface area (Å²) >= 11 is 0. The third-order valence-electron chi connectivity index (χ3n) is 4.89. The highest BCUT2D eigenvalue weighted by atomic mass is 16.5. The maximum atomic E-state index is 12.4. The second-order valence-electron chi connectivity index (χ2n) is 6.82. The van der Waals surface area contributed by atoms with Gasteiger partial charge in [-0.15, -0.1) is 0 Å². The van der Waals surface area contributed by atoms with E-state index in [4.69, 9.17) is 9.26 Å². The van der Waals surface area contributed by atoms with E-state index in [0.29, 0.717) is 24.7 Å². The van der Waals surface area contributed by atoms with Crippen molar-refractivity contribution in [3.63, 3.8) is 0 Å². The fourth-order valence-electron chi connectivity index (χ4n) is 3.37. The Morgan fingerprint density at radius 2 is 2.27 bits per heavy atom. The Balaban J connectivity index is 1.65. The zero-order valence-corrected chi connectivity index (χ0v) is 15.6. The van der Waals surface area contributed by atoms with Gasteiger partial charge in [0.15, 0.2) is 0 Å². The van der Waals surface area contributed by atoms with Gasteiger partial charge in [-0.05, 0) is 31.4 Å². The molecule has 140 valence electrons. The second kappa shape index (κ2) is 8.83. The molecule has 2 aromatic rings. The molecule has 1 aromatic heterocycles. The zero-order chi connectivity index (χ0) is 18.4. The number of likely N-dealkylation sites (tertiary alicyclic amines) is 1. The van der Waals surface area contributed by atoms with Crippen molar-refractivity contribution in [2.24, 2.45) is 0 Å². The molecule has 0 bridgehead atoms.